The zero-order valence-corrected chi connectivity index (χ0v) is 18.9. The maximum Gasteiger partial charge on any atom is 0.243 e. The number of rotatable bonds is 9. The predicted molar refractivity (Wildman–Crippen MR) is 119 cm³/mol. The van der Waals surface area contributed by atoms with Crippen molar-refractivity contribution in [2.24, 2.45) is 0 Å². The number of hydrogen-bond acceptors (Lipinski definition) is 2. The Labute approximate surface area is 187 Å². The average Bonchev–Trinajstić information content (AvgIpc) is 2.70. The zero-order valence-electron chi connectivity index (χ0n) is 17.4. The fourth-order valence-corrected chi connectivity index (χ4v) is 3.57. The number of carbonyl (C=O) groups is 2. The van der Waals surface area contributed by atoms with Gasteiger partial charge in [0.1, 0.15) is 11.9 Å². The largest absolute Gasteiger partial charge is 0.352 e. The van der Waals surface area contributed by atoms with Crippen molar-refractivity contribution in [1.29, 1.82) is 0 Å². The van der Waals surface area contributed by atoms with Crippen molar-refractivity contribution in [3.8, 4) is 0 Å². The number of amides is 2. The number of nitrogens with one attached hydrogen (secondary N) is 1. The summed E-state index contributed by atoms with van der Waals surface area (Å²) in [6, 6.07) is 10.4. The molecule has 2 amide bonds. The SMILES string of the molecule is CC[C@@H](C)NC(=O)[C@@H](CC)N(Cc1ccc(Cl)cc1Cl)C(=O)Cc1ccccc1F. The van der Waals surface area contributed by atoms with Crippen LogP contribution in [0, 0.1) is 5.82 Å². The van der Waals surface area contributed by atoms with E-state index in [1.807, 2.05) is 20.8 Å². The molecule has 0 saturated carbocycles. The lowest BCUT2D eigenvalue weighted by Gasteiger charge is -2.32. The molecular formula is C23H27Cl2FN2O2. The summed E-state index contributed by atoms with van der Waals surface area (Å²) in [5, 5.41) is 3.83. The van der Waals surface area contributed by atoms with E-state index in [1.54, 1.807) is 36.4 Å². The predicted octanol–water partition coefficient (Wildman–Crippen LogP) is 5.40. The Morgan fingerprint density at radius 2 is 1.77 bits per heavy atom. The Morgan fingerprint density at radius 1 is 1.07 bits per heavy atom. The van der Waals surface area contributed by atoms with E-state index in [0.29, 0.717) is 22.0 Å². The van der Waals surface area contributed by atoms with Crippen molar-refractivity contribution in [2.75, 3.05) is 0 Å². The van der Waals surface area contributed by atoms with Crippen molar-refractivity contribution in [1.82, 2.24) is 10.2 Å². The highest BCUT2D eigenvalue weighted by atomic mass is 35.5. The molecule has 7 heteroatoms. The molecule has 2 rings (SSSR count). The number of halogens is 3. The highest BCUT2D eigenvalue weighted by Gasteiger charge is 2.30. The van der Waals surface area contributed by atoms with Gasteiger partial charge in [0, 0.05) is 22.6 Å². The van der Waals surface area contributed by atoms with Gasteiger partial charge in [0.15, 0.2) is 0 Å². The molecule has 2 atom stereocenters. The quantitative estimate of drug-likeness (QED) is 0.553. The first-order valence-electron chi connectivity index (χ1n) is 10.0. The standard InChI is InChI=1S/C23H27Cl2FN2O2/c1-4-15(3)27-23(30)21(5-2)28(14-17-10-11-18(24)13-19(17)25)22(29)12-16-8-6-7-9-20(16)26/h6-11,13,15,21H,4-5,12,14H2,1-3H3,(H,27,30)/t15-,21-/m1/s1. The monoisotopic (exact) mass is 452 g/mol. The Morgan fingerprint density at radius 3 is 2.37 bits per heavy atom. The lowest BCUT2D eigenvalue weighted by atomic mass is 10.1. The van der Waals surface area contributed by atoms with Crippen molar-refractivity contribution < 1.29 is 14.0 Å². The van der Waals surface area contributed by atoms with Crippen LogP contribution in [-0.4, -0.2) is 28.8 Å². The molecule has 0 fully saturated rings. The van der Waals surface area contributed by atoms with E-state index < -0.39 is 11.9 Å². The van der Waals surface area contributed by atoms with Gasteiger partial charge in [-0.25, -0.2) is 4.39 Å². The molecule has 0 aromatic heterocycles. The fraction of sp³-hybridized carbons (Fsp3) is 0.391. The summed E-state index contributed by atoms with van der Waals surface area (Å²) in [6.07, 6.45) is 1.04. The van der Waals surface area contributed by atoms with E-state index in [2.05, 4.69) is 5.32 Å². The van der Waals surface area contributed by atoms with Crippen LogP contribution in [0.1, 0.15) is 44.7 Å². The highest BCUT2D eigenvalue weighted by molar-refractivity contribution is 6.35. The minimum atomic E-state index is -0.704. The third kappa shape index (κ3) is 6.44. The van der Waals surface area contributed by atoms with Crippen LogP contribution in [0.15, 0.2) is 42.5 Å². The summed E-state index contributed by atoms with van der Waals surface area (Å²) in [6.45, 7) is 5.84. The molecule has 0 saturated heterocycles. The van der Waals surface area contributed by atoms with Crippen LogP contribution in [0.3, 0.4) is 0 Å². The number of nitrogens with zero attached hydrogens (tertiary/aromatic N) is 1. The molecule has 0 bridgehead atoms. The summed E-state index contributed by atoms with van der Waals surface area (Å²) in [5.41, 5.74) is 0.949. The highest BCUT2D eigenvalue weighted by Crippen LogP contribution is 2.24. The molecular weight excluding hydrogens is 426 g/mol. The Kier molecular flexibility index (Phi) is 9.12. The molecule has 162 valence electrons. The Bertz CT molecular complexity index is 891. The molecule has 0 aliphatic heterocycles. The smallest absolute Gasteiger partial charge is 0.243 e. The second-order valence-electron chi connectivity index (χ2n) is 7.27. The number of hydrogen-bond donors (Lipinski definition) is 1. The molecule has 1 N–H and O–H groups in total. The summed E-state index contributed by atoms with van der Waals surface area (Å²) in [5.74, 6) is -1.04. The lowest BCUT2D eigenvalue weighted by Crippen LogP contribution is -2.51. The third-order valence-corrected chi connectivity index (χ3v) is 5.63. The summed E-state index contributed by atoms with van der Waals surface area (Å²) >= 11 is 12.3. The second kappa shape index (κ2) is 11.3. The minimum absolute atomic E-state index is 0.0193. The molecule has 0 aliphatic carbocycles. The van der Waals surface area contributed by atoms with Gasteiger partial charge in [0.25, 0.3) is 0 Å². The van der Waals surface area contributed by atoms with Crippen LogP contribution in [0.2, 0.25) is 10.0 Å². The maximum atomic E-state index is 14.1. The van der Waals surface area contributed by atoms with E-state index >= 15 is 0 Å². The van der Waals surface area contributed by atoms with Gasteiger partial charge in [0.05, 0.1) is 6.42 Å². The molecule has 0 unspecified atom stereocenters. The van der Waals surface area contributed by atoms with Crippen molar-refractivity contribution in [3.63, 3.8) is 0 Å². The number of benzene rings is 2. The van der Waals surface area contributed by atoms with E-state index in [4.69, 9.17) is 23.2 Å². The molecule has 0 aliphatic rings. The van der Waals surface area contributed by atoms with E-state index in [-0.39, 0.29) is 36.4 Å². The third-order valence-electron chi connectivity index (χ3n) is 5.04. The van der Waals surface area contributed by atoms with Crippen LogP contribution < -0.4 is 5.32 Å². The van der Waals surface area contributed by atoms with Gasteiger partial charge in [-0.1, -0.05) is 61.3 Å². The zero-order chi connectivity index (χ0) is 22.3. The van der Waals surface area contributed by atoms with E-state index in [0.717, 1.165) is 6.42 Å². The number of carbonyl (C=O) groups excluding carboxylic acids is 2. The van der Waals surface area contributed by atoms with Gasteiger partial charge >= 0.3 is 0 Å². The second-order valence-corrected chi connectivity index (χ2v) is 8.11. The van der Waals surface area contributed by atoms with Crippen molar-refractivity contribution >= 4 is 35.0 Å². The average molecular weight is 453 g/mol. The van der Waals surface area contributed by atoms with Gasteiger partial charge in [0.2, 0.25) is 11.8 Å². The lowest BCUT2D eigenvalue weighted by molar-refractivity contribution is -0.141. The van der Waals surface area contributed by atoms with Gasteiger partial charge in [-0.3, -0.25) is 9.59 Å². The molecule has 0 spiro atoms. The van der Waals surface area contributed by atoms with Gasteiger partial charge in [-0.2, -0.15) is 0 Å². The molecule has 2 aromatic carbocycles. The minimum Gasteiger partial charge on any atom is -0.352 e. The Hall–Kier alpha value is -2.11. The first kappa shape index (κ1) is 24.2. The summed E-state index contributed by atoms with van der Waals surface area (Å²) < 4.78 is 14.1. The first-order valence-corrected chi connectivity index (χ1v) is 10.8. The summed E-state index contributed by atoms with van der Waals surface area (Å²) in [4.78, 5) is 27.6. The molecule has 30 heavy (non-hydrogen) atoms. The van der Waals surface area contributed by atoms with Gasteiger partial charge < -0.3 is 10.2 Å². The van der Waals surface area contributed by atoms with Crippen molar-refractivity contribution in [2.45, 2.75) is 58.7 Å². The molecule has 2 aromatic rings. The van der Waals surface area contributed by atoms with Crippen LogP contribution in [0.5, 0.6) is 0 Å². The molecule has 0 radical (unpaired) electrons. The normalized spacial score (nSPS) is 12.9. The van der Waals surface area contributed by atoms with Crippen LogP contribution in [-0.2, 0) is 22.6 Å². The first-order chi connectivity index (χ1) is 14.3. The topological polar surface area (TPSA) is 49.4 Å². The van der Waals surface area contributed by atoms with E-state index in [9.17, 15) is 14.0 Å². The van der Waals surface area contributed by atoms with Crippen LogP contribution in [0.4, 0.5) is 4.39 Å². The van der Waals surface area contributed by atoms with E-state index in [1.165, 1.54) is 11.0 Å². The molecule has 4 nitrogen and oxygen atoms in total. The van der Waals surface area contributed by atoms with Crippen LogP contribution in [0.25, 0.3) is 0 Å². The summed E-state index contributed by atoms with van der Waals surface area (Å²) in [7, 11) is 0. The van der Waals surface area contributed by atoms with Crippen molar-refractivity contribution in [3.05, 3.63) is 69.5 Å². The van der Waals surface area contributed by atoms with Crippen LogP contribution >= 0.6 is 23.2 Å². The Balaban J connectivity index is 2.35. The maximum absolute atomic E-state index is 14.1. The molecule has 0 heterocycles. The fourth-order valence-electron chi connectivity index (χ4n) is 3.10. The van der Waals surface area contributed by atoms with Gasteiger partial charge in [-0.05, 0) is 49.1 Å². The van der Waals surface area contributed by atoms with Gasteiger partial charge in [-0.15, -0.1) is 0 Å².